The quantitative estimate of drug-likeness (QED) is 0.837. The molecule has 1 aliphatic rings. The van der Waals surface area contributed by atoms with Crippen molar-refractivity contribution in [1.82, 2.24) is 4.98 Å². The van der Waals surface area contributed by atoms with Crippen molar-refractivity contribution in [3.8, 4) is 0 Å². The molecule has 0 saturated heterocycles. The van der Waals surface area contributed by atoms with Crippen LogP contribution in [0.15, 0.2) is 18.2 Å². The summed E-state index contributed by atoms with van der Waals surface area (Å²) in [7, 11) is 0. The van der Waals surface area contributed by atoms with Crippen molar-refractivity contribution in [1.29, 1.82) is 0 Å². The molecular formula is C16H17NO3. The van der Waals surface area contributed by atoms with Crippen LogP contribution in [0.4, 0.5) is 0 Å². The number of carboxylic acids is 1. The summed E-state index contributed by atoms with van der Waals surface area (Å²) in [6, 6.07) is 5.68. The molecule has 1 aromatic carbocycles. The molecule has 0 atom stereocenters. The lowest BCUT2D eigenvalue weighted by atomic mass is 9.79. The minimum atomic E-state index is -1.06. The Morgan fingerprint density at radius 2 is 2.10 bits per heavy atom. The van der Waals surface area contributed by atoms with Crippen molar-refractivity contribution in [2.24, 2.45) is 5.92 Å². The molecule has 1 fully saturated rings. The number of carbonyl (C=O) groups excluding carboxylic acids is 1. The summed E-state index contributed by atoms with van der Waals surface area (Å²) in [6.07, 6.45) is 3.58. The van der Waals surface area contributed by atoms with E-state index in [9.17, 15) is 14.7 Å². The Balaban J connectivity index is 2.27. The molecule has 2 N–H and O–H groups in total. The first-order valence-corrected chi connectivity index (χ1v) is 7.04. The van der Waals surface area contributed by atoms with Gasteiger partial charge in [-0.2, -0.15) is 0 Å². The number of ketones is 1. The predicted octanol–water partition coefficient (Wildman–Crippen LogP) is 3.41. The number of aryl methyl sites for hydroxylation is 1. The zero-order chi connectivity index (χ0) is 14.3. The summed E-state index contributed by atoms with van der Waals surface area (Å²) in [6.45, 7) is 2.01. The molecule has 20 heavy (non-hydrogen) atoms. The number of rotatable bonds is 4. The third-order valence-corrected chi connectivity index (χ3v) is 4.23. The third kappa shape index (κ3) is 1.83. The van der Waals surface area contributed by atoms with Gasteiger partial charge in [-0.1, -0.05) is 25.5 Å². The number of carboxylic acid groups (broad SMARTS) is 1. The maximum Gasteiger partial charge on any atom is 0.353 e. The van der Waals surface area contributed by atoms with E-state index >= 15 is 0 Å². The number of aromatic amines is 1. The fourth-order valence-electron chi connectivity index (χ4n) is 2.90. The van der Waals surface area contributed by atoms with Crippen LogP contribution in [0.5, 0.6) is 0 Å². The summed E-state index contributed by atoms with van der Waals surface area (Å²) in [5.74, 6) is -1.08. The fraction of sp³-hybridized carbons (Fsp3) is 0.375. The highest BCUT2D eigenvalue weighted by molar-refractivity contribution is 6.16. The van der Waals surface area contributed by atoms with Crippen LogP contribution < -0.4 is 0 Å². The van der Waals surface area contributed by atoms with E-state index in [0.29, 0.717) is 5.56 Å². The number of carbonyl (C=O) groups is 2. The van der Waals surface area contributed by atoms with Gasteiger partial charge in [0.25, 0.3) is 0 Å². The van der Waals surface area contributed by atoms with Gasteiger partial charge in [-0.25, -0.2) is 4.79 Å². The number of fused-ring (bicyclic) bond motifs is 1. The average molecular weight is 271 g/mol. The van der Waals surface area contributed by atoms with E-state index in [2.05, 4.69) is 4.98 Å². The van der Waals surface area contributed by atoms with Gasteiger partial charge in [-0.05, 0) is 30.9 Å². The van der Waals surface area contributed by atoms with Crippen LogP contribution in [0.2, 0.25) is 0 Å². The van der Waals surface area contributed by atoms with Gasteiger partial charge in [0.1, 0.15) is 5.69 Å². The Hall–Kier alpha value is -2.10. The lowest BCUT2D eigenvalue weighted by Gasteiger charge is -2.24. The highest BCUT2D eigenvalue weighted by Crippen LogP contribution is 2.35. The van der Waals surface area contributed by atoms with Crippen molar-refractivity contribution in [3.63, 3.8) is 0 Å². The summed E-state index contributed by atoms with van der Waals surface area (Å²) >= 11 is 0. The van der Waals surface area contributed by atoms with Gasteiger partial charge < -0.3 is 10.1 Å². The summed E-state index contributed by atoms with van der Waals surface area (Å²) in [4.78, 5) is 27.0. The van der Waals surface area contributed by atoms with Crippen LogP contribution >= 0.6 is 0 Å². The molecular weight excluding hydrogens is 254 g/mol. The van der Waals surface area contributed by atoms with Gasteiger partial charge in [0.15, 0.2) is 5.78 Å². The second kappa shape index (κ2) is 4.78. The van der Waals surface area contributed by atoms with Gasteiger partial charge in [0.05, 0.1) is 5.56 Å². The van der Waals surface area contributed by atoms with Crippen LogP contribution in [0, 0.1) is 5.92 Å². The Morgan fingerprint density at radius 1 is 1.35 bits per heavy atom. The van der Waals surface area contributed by atoms with Gasteiger partial charge in [-0.3, -0.25) is 4.79 Å². The van der Waals surface area contributed by atoms with Gasteiger partial charge in [0, 0.05) is 16.8 Å². The highest BCUT2D eigenvalue weighted by atomic mass is 16.4. The zero-order valence-corrected chi connectivity index (χ0v) is 11.4. The van der Waals surface area contributed by atoms with Crippen LogP contribution in [-0.2, 0) is 6.42 Å². The maximum atomic E-state index is 12.6. The SMILES string of the molecule is CCc1cccc2[nH]c(C(=O)O)c(C(=O)C3CCC3)c12. The molecule has 104 valence electrons. The van der Waals surface area contributed by atoms with E-state index in [1.165, 1.54) is 0 Å². The maximum absolute atomic E-state index is 12.6. The van der Waals surface area contributed by atoms with E-state index in [1.54, 1.807) is 0 Å². The first kappa shape index (κ1) is 12.9. The molecule has 0 amide bonds. The second-order valence-corrected chi connectivity index (χ2v) is 5.37. The minimum Gasteiger partial charge on any atom is -0.477 e. The van der Waals surface area contributed by atoms with Crippen LogP contribution in [0.1, 0.15) is 52.6 Å². The average Bonchev–Trinajstić information content (AvgIpc) is 2.75. The van der Waals surface area contributed by atoms with Crippen LogP contribution in [-0.4, -0.2) is 21.8 Å². The molecule has 4 heteroatoms. The Kier molecular flexibility index (Phi) is 3.08. The lowest BCUT2D eigenvalue weighted by Crippen LogP contribution is -2.23. The molecule has 0 radical (unpaired) electrons. The normalized spacial score (nSPS) is 15.2. The summed E-state index contributed by atoms with van der Waals surface area (Å²) in [5, 5.41) is 10.2. The number of hydrogen-bond donors (Lipinski definition) is 2. The number of hydrogen-bond acceptors (Lipinski definition) is 2. The van der Waals surface area contributed by atoms with E-state index in [-0.39, 0.29) is 17.4 Å². The smallest absolute Gasteiger partial charge is 0.353 e. The zero-order valence-electron chi connectivity index (χ0n) is 11.4. The van der Waals surface area contributed by atoms with E-state index in [1.807, 2.05) is 25.1 Å². The number of aromatic nitrogens is 1. The molecule has 0 unspecified atom stereocenters. The van der Waals surface area contributed by atoms with E-state index in [4.69, 9.17) is 0 Å². The molecule has 1 saturated carbocycles. The van der Waals surface area contributed by atoms with Crippen LogP contribution in [0.25, 0.3) is 10.9 Å². The molecule has 0 aliphatic heterocycles. The van der Waals surface area contributed by atoms with E-state index in [0.717, 1.165) is 42.1 Å². The second-order valence-electron chi connectivity index (χ2n) is 5.37. The number of H-pyrrole nitrogens is 1. The largest absolute Gasteiger partial charge is 0.477 e. The Bertz CT molecular complexity index is 695. The fourth-order valence-corrected chi connectivity index (χ4v) is 2.90. The Morgan fingerprint density at radius 3 is 2.65 bits per heavy atom. The minimum absolute atomic E-state index is 0.00277. The summed E-state index contributed by atoms with van der Waals surface area (Å²) in [5.41, 5.74) is 2.19. The van der Waals surface area contributed by atoms with Crippen molar-refractivity contribution < 1.29 is 14.7 Å². The lowest BCUT2D eigenvalue weighted by molar-refractivity contribution is 0.0682. The molecule has 1 aromatic heterocycles. The first-order valence-electron chi connectivity index (χ1n) is 7.04. The van der Waals surface area contributed by atoms with Crippen molar-refractivity contribution in [2.75, 3.05) is 0 Å². The van der Waals surface area contributed by atoms with Crippen molar-refractivity contribution in [2.45, 2.75) is 32.6 Å². The van der Waals surface area contributed by atoms with E-state index < -0.39 is 5.97 Å². The van der Waals surface area contributed by atoms with Crippen molar-refractivity contribution >= 4 is 22.7 Å². The molecule has 0 spiro atoms. The number of aromatic carboxylic acids is 1. The number of benzene rings is 1. The Labute approximate surface area is 116 Å². The molecule has 4 nitrogen and oxygen atoms in total. The van der Waals surface area contributed by atoms with Gasteiger partial charge in [0.2, 0.25) is 0 Å². The number of nitrogens with one attached hydrogen (secondary N) is 1. The molecule has 1 heterocycles. The van der Waals surface area contributed by atoms with Gasteiger partial charge in [-0.15, -0.1) is 0 Å². The molecule has 0 bridgehead atoms. The first-order chi connectivity index (χ1) is 9.63. The van der Waals surface area contributed by atoms with Crippen LogP contribution in [0.3, 0.4) is 0 Å². The third-order valence-electron chi connectivity index (χ3n) is 4.23. The summed E-state index contributed by atoms with van der Waals surface area (Å²) < 4.78 is 0. The molecule has 1 aliphatic carbocycles. The molecule has 3 rings (SSSR count). The topological polar surface area (TPSA) is 70.2 Å². The van der Waals surface area contributed by atoms with Crippen molar-refractivity contribution in [3.05, 3.63) is 35.0 Å². The van der Waals surface area contributed by atoms with Gasteiger partial charge >= 0.3 is 5.97 Å². The predicted molar refractivity (Wildman–Crippen MR) is 76.3 cm³/mol. The number of Topliss-reactive ketones (excluding diaryl/α,β-unsaturated/α-hetero) is 1. The standard InChI is InChI=1S/C16H17NO3/c1-2-9-5-4-8-11-12(9)13(14(17-11)16(19)20)15(18)10-6-3-7-10/h4-5,8,10,17H,2-3,6-7H2,1H3,(H,19,20). The highest BCUT2D eigenvalue weighted by Gasteiger charge is 2.32. The molecule has 2 aromatic rings. The monoisotopic (exact) mass is 271 g/mol.